The van der Waals surface area contributed by atoms with Gasteiger partial charge in [0.1, 0.15) is 0 Å². The van der Waals surface area contributed by atoms with Gasteiger partial charge in [-0.05, 0) is 36.7 Å². The first-order valence-corrected chi connectivity index (χ1v) is 11.1. The molecule has 0 radical (unpaired) electrons. The van der Waals surface area contributed by atoms with E-state index in [0.717, 1.165) is 36.0 Å². The fraction of sp³-hybridized carbons (Fsp3) is 0.455. The summed E-state index contributed by atoms with van der Waals surface area (Å²) >= 11 is 0. The number of hydrogen-bond acceptors (Lipinski definition) is 9. The zero-order valence-electron chi connectivity index (χ0n) is 19.0. The average molecular weight is 659 g/mol. The first-order valence-electron chi connectivity index (χ1n) is 11.1. The number of rotatable bonds is 5. The second-order valence-electron chi connectivity index (χ2n) is 8.22. The van der Waals surface area contributed by atoms with Crippen molar-refractivity contribution in [1.82, 2.24) is 15.6 Å². The predicted octanol–water partition coefficient (Wildman–Crippen LogP) is 1.56. The normalized spacial score (nSPS) is 18.9. The number of nitrogens with zero attached hydrogens (tertiary/aromatic N) is 4. The van der Waals surface area contributed by atoms with Crippen LogP contribution < -0.4 is 21.2 Å². The SMILES string of the molecule is Nc1cc(ONF)ccc1C(=O)N1CCC(O)CC1.OCC1CN(c2cnc3c(c2)[N-]3)CCO1.[W]. The van der Waals surface area contributed by atoms with Gasteiger partial charge in [0.2, 0.25) is 0 Å². The number of ether oxygens (including phenoxy) is 1. The van der Waals surface area contributed by atoms with Crippen molar-refractivity contribution in [2.24, 2.45) is 0 Å². The van der Waals surface area contributed by atoms with Crippen molar-refractivity contribution in [3.63, 3.8) is 0 Å². The zero-order valence-corrected chi connectivity index (χ0v) is 21.9. The minimum atomic E-state index is -0.340. The number of amides is 1. The Labute approximate surface area is 216 Å². The van der Waals surface area contributed by atoms with Crippen LogP contribution in [0, 0.1) is 0 Å². The number of aromatic nitrogens is 1. The minimum absolute atomic E-state index is 0. The molecule has 4 heterocycles. The summed E-state index contributed by atoms with van der Waals surface area (Å²) in [6.07, 6.45) is 2.54. The number of piperidine rings is 1. The molecule has 13 heteroatoms. The maximum absolute atomic E-state index is 12.2. The third kappa shape index (κ3) is 7.02. The quantitative estimate of drug-likeness (QED) is 0.139. The molecule has 35 heavy (non-hydrogen) atoms. The van der Waals surface area contributed by atoms with Crippen LogP contribution in [0.2, 0.25) is 0 Å². The number of fused-ring (bicyclic) bond motifs is 1. The van der Waals surface area contributed by atoms with Crippen molar-refractivity contribution in [2.45, 2.75) is 25.0 Å². The summed E-state index contributed by atoms with van der Waals surface area (Å²) in [5.74, 6) is 0.848. The molecule has 1 atom stereocenters. The molecule has 2 saturated heterocycles. The van der Waals surface area contributed by atoms with Crippen LogP contribution in [0.25, 0.3) is 5.32 Å². The molecule has 11 nitrogen and oxygen atoms in total. The topological polar surface area (TPSA) is 148 Å². The number of carbonyl (C=O) groups excluding carboxylic acids is 1. The fourth-order valence-electron chi connectivity index (χ4n) is 3.90. The molecule has 190 valence electrons. The average Bonchev–Trinajstić information content (AvgIpc) is 3.64. The van der Waals surface area contributed by atoms with Gasteiger partial charge in [-0.15, -0.1) is 0 Å². The number of benzene rings is 1. The van der Waals surface area contributed by atoms with E-state index in [9.17, 15) is 14.4 Å². The van der Waals surface area contributed by atoms with E-state index >= 15 is 0 Å². The van der Waals surface area contributed by atoms with Crippen molar-refractivity contribution < 1.29 is 50.1 Å². The van der Waals surface area contributed by atoms with Gasteiger partial charge >= 0.3 is 0 Å². The van der Waals surface area contributed by atoms with Crippen LogP contribution in [0.4, 0.5) is 27.4 Å². The number of nitrogens with one attached hydrogen (secondary N) is 1. The fourth-order valence-corrected chi connectivity index (χ4v) is 3.90. The molecule has 5 N–H and O–H groups in total. The van der Waals surface area contributed by atoms with Gasteiger partial charge in [-0.1, -0.05) is 16.5 Å². The Morgan fingerprint density at radius 1 is 1.31 bits per heavy atom. The number of pyridine rings is 1. The second-order valence-corrected chi connectivity index (χ2v) is 8.22. The van der Waals surface area contributed by atoms with Gasteiger partial charge in [0.05, 0.1) is 31.0 Å². The molecular weight excluding hydrogens is 631 g/mol. The second kappa shape index (κ2) is 12.5. The van der Waals surface area contributed by atoms with Crippen LogP contribution in [0.1, 0.15) is 23.2 Å². The van der Waals surface area contributed by atoms with Crippen LogP contribution in [-0.4, -0.2) is 77.6 Å². The van der Waals surface area contributed by atoms with E-state index in [0.29, 0.717) is 38.1 Å². The number of aliphatic hydroxyl groups is 2. The number of nitrogen functional groups attached to an aromatic ring is 1. The van der Waals surface area contributed by atoms with E-state index in [1.54, 1.807) is 4.90 Å². The largest absolute Gasteiger partial charge is 0.441 e. The van der Waals surface area contributed by atoms with Crippen molar-refractivity contribution in [1.29, 1.82) is 0 Å². The summed E-state index contributed by atoms with van der Waals surface area (Å²) in [5.41, 5.74) is 9.44. The van der Waals surface area contributed by atoms with Crippen LogP contribution in [0.3, 0.4) is 0 Å². The summed E-state index contributed by atoms with van der Waals surface area (Å²) in [6, 6.07) is 6.35. The van der Waals surface area contributed by atoms with Gasteiger partial charge < -0.3 is 45.6 Å². The van der Waals surface area contributed by atoms with E-state index in [4.69, 9.17) is 15.6 Å². The Kier molecular flexibility index (Phi) is 9.64. The molecule has 0 saturated carbocycles. The number of aliphatic hydroxyl groups excluding tert-OH is 2. The molecule has 0 spiro atoms. The molecule has 1 aromatic carbocycles. The van der Waals surface area contributed by atoms with E-state index in [1.807, 2.05) is 12.3 Å². The molecule has 1 unspecified atom stereocenters. The molecule has 0 bridgehead atoms. The van der Waals surface area contributed by atoms with Crippen LogP contribution in [0.5, 0.6) is 5.75 Å². The molecule has 0 aliphatic carbocycles. The number of carbonyl (C=O) groups is 1. The summed E-state index contributed by atoms with van der Waals surface area (Å²) in [6.45, 7) is 3.29. The first-order chi connectivity index (χ1) is 16.5. The Morgan fingerprint density at radius 2 is 2.09 bits per heavy atom. The molecular formula is C22H28FN6O5W-. The summed E-state index contributed by atoms with van der Waals surface area (Å²) in [4.78, 5) is 24.7. The molecule has 2 aromatic rings. The van der Waals surface area contributed by atoms with Crippen molar-refractivity contribution in [2.75, 3.05) is 50.0 Å². The predicted molar refractivity (Wildman–Crippen MR) is 123 cm³/mol. The number of nitrogens with two attached hydrogens (primary N) is 1. The van der Waals surface area contributed by atoms with E-state index in [-0.39, 0.29) is 57.2 Å². The standard InChI is InChI=1S/C12H16FN3O3.C10H12N3O2.W/c13-15-19-9-1-2-10(11(14)7-9)12(18)16-5-3-8(17)4-6-16;14-6-8-5-13(1-2-15-8)7-3-9-10(12-9)11-4-7;/h1-2,7-8,15,17H,3-6,14H2;3-4,8,14H,1-2,5-6H2;/q;-1;. The van der Waals surface area contributed by atoms with Gasteiger partial charge in [0.25, 0.3) is 5.91 Å². The summed E-state index contributed by atoms with van der Waals surface area (Å²) in [7, 11) is 0. The first kappa shape index (κ1) is 27.1. The van der Waals surface area contributed by atoms with Gasteiger partial charge in [0.15, 0.2) is 5.75 Å². The maximum Gasteiger partial charge on any atom is 0.255 e. The number of anilines is 2. The van der Waals surface area contributed by atoms with E-state index in [2.05, 4.69) is 20.0 Å². The molecule has 3 aliphatic heterocycles. The van der Waals surface area contributed by atoms with E-state index in [1.165, 1.54) is 18.2 Å². The molecule has 5 rings (SSSR count). The minimum Gasteiger partial charge on any atom is -0.441 e. The molecule has 3 aliphatic rings. The third-order valence-electron chi connectivity index (χ3n) is 5.88. The van der Waals surface area contributed by atoms with Crippen LogP contribution in [0.15, 0.2) is 30.5 Å². The Balaban J connectivity index is 0.000000194. The Bertz CT molecular complexity index is 1010. The van der Waals surface area contributed by atoms with Gasteiger partial charge in [-0.2, -0.15) is 0 Å². The Morgan fingerprint density at radius 3 is 2.74 bits per heavy atom. The van der Waals surface area contributed by atoms with Gasteiger partial charge in [-0.25, -0.2) is 0 Å². The van der Waals surface area contributed by atoms with Gasteiger partial charge in [0, 0.05) is 70.4 Å². The smallest absolute Gasteiger partial charge is 0.255 e. The van der Waals surface area contributed by atoms with Crippen LogP contribution >= 0.6 is 0 Å². The number of hydrogen-bond donors (Lipinski definition) is 4. The molecule has 2 fully saturated rings. The van der Waals surface area contributed by atoms with E-state index < -0.39 is 0 Å². The summed E-state index contributed by atoms with van der Waals surface area (Å²) in [5, 5.41) is 22.5. The molecule has 1 amide bonds. The zero-order chi connectivity index (χ0) is 24.1. The van der Waals surface area contributed by atoms with Crippen molar-refractivity contribution in [3.8, 4) is 5.75 Å². The third-order valence-corrected chi connectivity index (χ3v) is 5.88. The van der Waals surface area contributed by atoms with Crippen molar-refractivity contribution in [3.05, 3.63) is 41.3 Å². The molecule has 1 aromatic heterocycles. The number of halogens is 1. The number of likely N-dealkylation sites (tertiary alicyclic amines) is 1. The number of morpholine rings is 1. The van der Waals surface area contributed by atoms with Crippen LogP contribution in [-0.2, 0) is 25.8 Å². The monoisotopic (exact) mass is 659 g/mol. The summed E-state index contributed by atoms with van der Waals surface area (Å²) < 4.78 is 17.2. The maximum atomic E-state index is 12.2. The van der Waals surface area contributed by atoms with Gasteiger partial charge in [-0.3, -0.25) is 4.79 Å². The Hall–Kier alpha value is -2.50. The van der Waals surface area contributed by atoms with Crippen molar-refractivity contribution >= 4 is 28.8 Å².